The minimum atomic E-state index is -0.428. The molecule has 0 atom stereocenters. The van der Waals surface area contributed by atoms with Crippen molar-refractivity contribution in [3.05, 3.63) is 114 Å². The molecule has 0 spiro atoms. The van der Waals surface area contributed by atoms with E-state index < -0.39 is 5.82 Å². The van der Waals surface area contributed by atoms with E-state index >= 15 is 0 Å². The Hall–Kier alpha value is -4.26. The van der Waals surface area contributed by atoms with Crippen LogP contribution in [0.1, 0.15) is 42.4 Å². The summed E-state index contributed by atoms with van der Waals surface area (Å²) >= 11 is 0. The first-order valence-electron chi connectivity index (χ1n) is 11.8. The second kappa shape index (κ2) is 10.6. The van der Waals surface area contributed by atoms with Crippen LogP contribution in [0.2, 0.25) is 0 Å². The quantitative estimate of drug-likeness (QED) is 0.372. The van der Waals surface area contributed by atoms with Gasteiger partial charge in [-0.05, 0) is 42.0 Å². The SMILES string of the molecule is CC(C)(C)c1cc(NC(=O)CN(Cc2ccccc2)C(=O)c2ccc(F)cc2)n(-c2ccccc2)n1. The molecule has 1 aromatic heterocycles. The van der Waals surface area contributed by atoms with E-state index in [1.807, 2.05) is 66.7 Å². The molecule has 0 aliphatic carbocycles. The van der Waals surface area contributed by atoms with Crippen LogP contribution in [0.25, 0.3) is 5.69 Å². The van der Waals surface area contributed by atoms with Gasteiger partial charge in [0, 0.05) is 23.6 Å². The van der Waals surface area contributed by atoms with Gasteiger partial charge in [-0.1, -0.05) is 69.3 Å². The predicted molar refractivity (Wildman–Crippen MR) is 138 cm³/mol. The van der Waals surface area contributed by atoms with Crippen LogP contribution in [0.15, 0.2) is 91.0 Å². The van der Waals surface area contributed by atoms with Gasteiger partial charge in [-0.25, -0.2) is 9.07 Å². The fourth-order valence-corrected chi connectivity index (χ4v) is 3.74. The molecular formula is C29H29FN4O2. The van der Waals surface area contributed by atoms with Crippen molar-refractivity contribution in [3.8, 4) is 5.69 Å². The van der Waals surface area contributed by atoms with E-state index in [-0.39, 0.29) is 30.3 Å². The number of aromatic nitrogens is 2. The van der Waals surface area contributed by atoms with E-state index in [4.69, 9.17) is 5.10 Å². The molecule has 0 bridgehead atoms. The number of halogens is 1. The molecule has 0 saturated heterocycles. The van der Waals surface area contributed by atoms with Crippen molar-refractivity contribution in [3.63, 3.8) is 0 Å². The van der Waals surface area contributed by atoms with E-state index in [0.717, 1.165) is 16.9 Å². The number of carbonyl (C=O) groups is 2. The van der Waals surface area contributed by atoms with Crippen molar-refractivity contribution in [1.29, 1.82) is 0 Å². The molecule has 184 valence electrons. The third-order valence-corrected chi connectivity index (χ3v) is 5.68. The van der Waals surface area contributed by atoms with Gasteiger partial charge < -0.3 is 10.2 Å². The van der Waals surface area contributed by atoms with Crippen LogP contribution in [0, 0.1) is 5.82 Å². The number of anilines is 1. The van der Waals surface area contributed by atoms with Crippen molar-refractivity contribution >= 4 is 17.6 Å². The van der Waals surface area contributed by atoms with Crippen LogP contribution < -0.4 is 5.32 Å². The van der Waals surface area contributed by atoms with E-state index in [1.165, 1.54) is 29.2 Å². The minimum Gasteiger partial charge on any atom is -0.325 e. The average Bonchev–Trinajstić information content (AvgIpc) is 3.29. The number of hydrogen-bond donors (Lipinski definition) is 1. The zero-order valence-electron chi connectivity index (χ0n) is 20.6. The molecule has 0 unspecified atom stereocenters. The molecule has 0 fully saturated rings. The van der Waals surface area contributed by atoms with Gasteiger partial charge in [0.05, 0.1) is 11.4 Å². The molecule has 0 aliphatic rings. The number of rotatable bonds is 7. The fourth-order valence-electron chi connectivity index (χ4n) is 3.74. The maximum Gasteiger partial charge on any atom is 0.254 e. The van der Waals surface area contributed by atoms with Crippen LogP contribution in [-0.4, -0.2) is 33.0 Å². The fraction of sp³-hybridized carbons (Fsp3) is 0.207. The number of amides is 2. The zero-order valence-corrected chi connectivity index (χ0v) is 20.6. The molecular weight excluding hydrogens is 455 g/mol. The minimum absolute atomic E-state index is 0.185. The third kappa shape index (κ3) is 6.05. The number of benzene rings is 3. The van der Waals surface area contributed by atoms with Crippen molar-refractivity contribution in [2.75, 3.05) is 11.9 Å². The Bertz CT molecular complexity index is 1330. The highest BCUT2D eigenvalue weighted by Crippen LogP contribution is 2.26. The third-order valence-electron chi connectivity index (χ3n) is 5.68. The molecule has 2 amide bonds. The summed E-state index contributed by atoms with van der Waals surface area (Å²) in [5, 5.41) is 7.67. The highest BCUT2D eigenvalue weighted by molar-refractivity contribution is 5.99. The first kappa shape index (κ1) is 24.9. The Morgan fingerprint density at radius 3 is 2.14 bits per heavy atom. The van der Waals surface area contributed by atoms with Crippen molar-refractivity contribution in [2.24, 2.45) is 0 Å². The van der Waals surface area contributed by atoms with E-state index in [0.29, 0.717) is 11.4 Å². The Balaban J connectivity index is 1.60. The lowest BCUT2D eigenvalue weighted by atomic mass is 9.92. The molecule has 0 saturated carbocycles. The lowest BCUT2D eigenvalue weighted by molar-refractivity contribution is -0.117. The Kier molecular flexibility index (Phi) is 7.29. The number of nitrogens with zero attached hydrogens (tertiary/aromatic N) is 3. The largest absolute Gasteiger partial charge is 0.325 e. The number of para-hydroxylation sites is 1. The van der Waals surface area contributed by atoms with E-state index in [1.54, 1.807) is 4.68 Å². The van der Waals surface area contributed by atoms with Crippen LogP contribution in [-0.2, 0) is 16.8 Å². The lowest BCUT2D eigenvalue weighted by Crippen LogP contribution is -2.37. The summed E-state index contributed by atoms with van der Waals surface area (Å²) in [6.45, 7) is 6.21. The second-order valence-corrected chi connectivity index (χ2v) is 9.61. The summed E-state index contributed by atoms with van der Waals surface area (Å²) in [4.78, 5) is 28.0. The molecule has 6 nitrogen and oxygen atoms in total. The van der Waals surface area contributed by atoms with Crippen LogP contribution in [0.5, 0.6) is 0 Å². The summed E-state index contributed by atoms with van der Waals surface area (Å²) in [5.41, 5.74) is 2.60. The molecule has 1 heterocycles. The van der Waals surface area contributed by atoms with Gasteiger partial charge in [-0.15, -0.1) is 0 Å². The smallest absolute Gasteiger partial charge is 0.254 e. The summed E-state index contributed by atoms with van der Waals surface area (Å²) in [7, 11) is 0. The van der Waals surface area contributed by atoms with Gasteiger partial charge in [-0.3, -0.25) is 9.59 Å². The van der Waals surface area contributed by atoms with Gasteiger partial charge in [0.1, 0.15) is 18.2 Å². The first-order valence-corrected chi connectivity index (χ1v) is 11.8. The molecule has 4 aromatic rings. The van der Waals surface area contributed by atoms with Crippen molar-refractivity contribution in [2.45, 2.75) is 32.7 Å². The molecule has 0 radical (unpaired) electrons. The standard InChI is InChI=1S/C29H29FN4O2/c1-29(2,3)25-18-26(34(32-25)24-12-8-5-9-13-24)31-27(35)20-33(19-21-10-6-4-7-11-21)28(36)22-14-16-23(30)17-15-22/h4-18H,19-20H2,1-3H3,(H,31,35). The van der Waals surface area contributed by atoms with Gasteiger partial charge in [0.2, 0.25) is 5.91 Å². The van der Waals surface area contributed by atoms with Gasteiger partial charge in [0.15, 0.2) is 0 Å². The summed E-state index contributed by atoms with van der Waals surface area (Å²) < 4.78 is 15.1. The summed E-state index contributed by atoms with van der Waals surface area (Å²) in [6.07, 6.45) is 0. The normalized spacial score (nSPS) is 11.2. The maximum absolute atomic E-state index is 13.4. The van der Waals surface area contributed by atoms with Crippen LogP contribution >= 0.6 is 0 Å². The monoisotopic (exact) mass is 484 g/mol. The maximum atomic E-state index is 13.4. The Labute approximate surface area is 210 Å². The number of carbonyl (C=O) groups excluding carboxylic acids is 2. The highest BCUT2D eigenvalue weighted by atomic mass is 19.1. The molecule has 1 N–H and O–H groups in total. The predicted octanol–water partition coefficient (Wildman–Crippen LogP) is 5.59. The molecule has 4 rings (SSSR count). The molecule has 3 aromatic carbocycles. The Morgan fingerprint density at radius 2 is 1.53 bits per heavy atom. The molecule has 0 aliphatic heterocycles. The molecule has 36 heavy (non-hydrogen) atoms. The Morgan fingerprint density at radius 1 is 0.917 bits per heavy atom. The summed E-state index contributed by atoms with van der Waals surface area (Å²) in [5.74, 6) is -0.632. The average molecular weight is 485 g/mol. The first-order chi connectivity index (χ1) is 17.2. The van der Waals surface area contributed by atoms with Gasteiger partial charge >= 0.3 is 0 Å². The van der Waals surface area contributed by atoms with Crippen LogP contribution in [0.3, 0.4) is 0 Å². The van der Waals surface area contributed by atoms with Crippen LogP contribution in [0.4, 0.5) is 10.2 Å². The molecule has 7 heteroatoms. The van der Waals surface area contributed by atoms with E-state index in [9.17, 15) is 14.0 Å². The second-order valence-electron chi connectivity index (χ2n) is 9.61. The zero-order chi connectivity index (χ0) is 25.7. The summed E-state index contributed by atoms with van der Waals surface area (Å²) in [6, 6.07) is 26.2. The van der Waals surface area contributed by atoms with E-state index in [2.05, 4.69) is 26.1 Å². The van der Waals surface area contributed by atoms with Gasteiger partial charge in [0.25, 0.3) is 5.91 Å². The highest BCUT2D eigenvalue weighted by Gasteiger charge is 2.24. The number of hydrogen-bond acceptors (Lipinski definition) is 3. The topological polar surface area (TPSA) is 67.2 Å². The van der Waals surface area contributed by atoms with Crippen molar-refractivity contribution in [1.82, 2.24) is 14.7 Å². The van der Waals surface area contributed by atoms with Gasteiger partial charge in [-0.2, -0.15) is 5.10 Å². The number of nitrogens with one attached hydrogen (secondary N) is 1. The lowest BCUT2D eigenvalue weighted by Gasteiger charge is -2.22. The van der Waals surface area contributed by atoms with Crippen molar-refractivity contribution < 1.29 is 14.0 Å².